The minimum Gasteiger partial charge on any atom is -0.508 e. The molecule has 0 radical (unpaired) electrons. The molecule has 0 saturated heterocycles. The van der Waals surface area contributed by atoms with Crippen molar-refractivity contribution in [2.75, 3.05) is 0 Å². The van der Waals surface area contributed by atoms with Crippen LogP contribution in [-0.4, -0.2) is 11.3 Å². The summed E-state index contributed by atoms with van der Waals surface area (Å²) in [4.78, 5) is 0. The van der Waals surface area contributed by atoms with E-state index in [0.717, 1.165) is 18.1 Å². The molecule has 0 fully saturated rings. The van der Waals surface area contributed by atoms with Gasteiger partial charge in [0, 0.05) is 11.8 Å². The van der Waals surface area contributed by atoms with E-state index < -0.39 is 23.6 Å². The van der Waals surface area contributed by atoms with Crippen LogP contribution in [-0.2, 0) is 5.67 Å². The first-order valence-corrected chi connectivity index (χ1v) is 8.85. The van der Waals surface area contributed by atoms with Crippen LogP contribution in [0, 0.1) is 12.8 Å². The Bertz CT molecular complexity index is 778. The summed E-state index contributed by atoms with van der Waals surface area (Å²) in [5, 5.41) is 9.32. The van der Waals surface area contributed by atoms with Gasteiger partial charge >= 0.3 is 0 Å². The van der Waals surface area contributed by atoms with Crippen molar-refractivity contribution in [1.82, 2.24) is 0 Å². The van der Waals surface area contributed by atoms with E-state index in [9.17, 15) is 13.9 Å². The first kappa shape index (κ1) is 18.6. The van der Waals surface area contributed by atoms with Crippen LogP contribution < -0.4 is 0 Å². The molecule has 1 aliphatic rings. The Morgan fingerprint density at radius 2 is 1.65 bits per heavy atom. The maximum atomic E-state index is 15.1. The van der Waals surface area contributed by atoms with Crippen LogP contribution in [0.4, 0.5) is 13.2 Å². The van der Waals surface area contributed by atoms with E-state index in [2.05, 4.69) is 0 Å². The molecule has 2 aromatic rings. The highest BCUT2D eigenvalue weighted by Gasteiger charge is 2.44. The molecule has 2 aromatic carbocycles. The molecule has 4 heteroatoms. The molecule has 0 spiro atoms. The van der Waals surface area contributed by atoms with Crippen LogP contribution in [0.1, 0.15) is 42.4 Å². The molecular formula is C22H23F3O. The normalized spacial score (nSPS) is 23.8. The molecule has 0 aromatic heterocycles. The molecule has 26 heavy (non-hydrogen) atoms. The lowest BCUT2D eigenvalue weighted by Crippen LogP contribution is -2.36. The van der Waals surface area contributed by atoms with Crippen LogP contribution in [0.15, 0.2) is 60.4 Å². The monoisotopic (exact) mass is 360 g/mol. The summed E-state index contributed by atoms with van der Waals surface area (Å²) >= 11 is 0. The van der Waals surface area contributed by atoms with Crippen molar-refractivity contribution >= 4 is 0 Å². The Kier molecular flexibility index (Phi) is 5.12. The van der Waals surface area contributed by atoms with Crippen molar-refractivity contribution in [2.24, 2.45) is 5.92 Å². The van der Waals surface area contributed by atoms with Crippen LogP contribution in [0.2, 0.25) is 0 Å². The average molecular weight is 360 g/mol. The molecule has 1 aliphatic carbocycles. The summed E-state index contributed by atoms with van der Waals surface area (Å²) in [6, 6.07) is 13.1. The van der Waals surface area contributed by atoms with Gasteiger partial charge in [0.1, 0.15) is 17.7 Å². The molecule has 3 unspecified atom stereocenters. The van der Waals surface area contributed by atoms with Gasteiger partial charge < -0.3 is 5.11 Å². The molecule has 0 heterocycles. The number of aryl methyl sites for hydroxylation is 1. The fourth-order valence-corrected chi connectivity index (χ4v) is 3.58. The van der Waals surface area contributed by atoms with E-state index in [-0.39, 0.29) is 23.7 Å². The summed E-state index contributed by atoms with van der Waals surface area (Å²) in [5.74, 6) is -1.82. The van der Waals surface area contributed by atoms with Gasteiger partial charge in [0.05, 0.1) is 0 Å². The number of aromatic hydroxyl groups is 1. The smallest absolute Gasteiger partial charge is 0.164 e. The van der Waals surface area contributed by atoms with E-state index in [0.29, 0.717) is 6.42 Å². The number of rotatable bonds is 4. The first-order chi connectivity index (χ1) is 12.3. The second kappa shape index (κ2) is 7.18. The second-order valence-corrected chi connectivity index (χ2v) is 7.28. The molecule has 0 saturated carbocycles. The quantitative estimate of drug-likeness (QED) is 0.681. The molecule has 0 aliphatic heterocycles. The second-order valence-electron chi connectivity index (χ2n) is 7.28. The lowest BCUT2D eigenvalue weighted by atomic mass is 9.77. The number of allylic oxidation sites excluding steroid dienone is 2. The van der Waals surface area contributed by atoms with Crippen molar-refractivity contribution in [3.8, 4) is 5.75 Å². The number of hydrogen-bond acceptors (Lipinski definition) is 1. The molecule has 0 amide bonds. The minimum absolute atomic E-state index is 0.0235. The molecule has 3 rings (SSSR count). The number of benzene rings is 2. The van der Waals surface area contributed by atoms with Crippen molar-refractivity contribution in [2.45, 2.75) is 44.4 Å². The van der Waals surface area contributed by atoms with Crippen LogP contribution in [0.3, 0.4) is 0 Å². The molecule has 138 valence electrons. The minimum atomic E-state index is -2.33. The third-order valence-corrected chi connectivity index (χ3v) is 5.31. The van der Waals surface area contributed by atoms with E-state index in [1.165, 1.54) is 30.3 Å². The fraction of sp³-hybridized carbons (Fsp3) is 0.364. The highest BCUT2D eigenvalue weighted by molar-refractivity contribution is 5.33. The zero-order valence-corrected chi connectivity index (χ0v) is 14.9. The lowest BCUT2D eigenvalue weighted by Gasteiger charge is -2.33. The first-order valence-electron chi connectivity index (χ1n) is 8.85. The SMILES string of the molecule is Cc1ccc(C2C=C(F)C(C(F)[C@](C)(F)c3ccc(O)cc3)CC2)cc1. The van der Waals surface area contributed by atoms with E-state index in [1.54, 1.807) is 0 Å². The van der Waals surface area contributed by atoms with Gasteiger partial charge in [-0.1, -0.05) is 42.0 Å². The Morgan fingerprint density at radius 3 is 2.23 bits per heavy atom. The number of phenols is 1. The highest BCUT2D eigenvalue weighted by Crippen LogP contribution is 2.44. The summed E-state index contributed by atoms with van der Waals surface area (Å²) < 4.78 is 44.7. The number of halogens is 3. The number of alkyl halides is 2. The van der Waals surface area contributed by atoms with Gasteiger partial charge in [0.15, 0.2) is 5.67 Å². The predicted octanol–water partition coefficient (Wildman–Crippen LogP) is 6.27. The van der Waals surface area contributed by atoms with E-state index >= 15 is 4.39 Å². The third-order valence-electron chi connectivity index (χ3n) is 5.31. The van der Waals surface area contributed by atoms with Gasteiger partial charge in [-0.15, -0.1) is 0 Å². The summed E-state index contributed by atoms with van der Waals surface area (Å²) in [6.07, 6.45) is 0.257. The standard InChI is InChI=1S/C22H23F3O/c1-14-3-5-15(6-4-14)16-7-12-19(20(23)13-16)21(24)22(2,25)17-8-10-18(26)11-9-17/h3-6,8-11,13,16,19,21,26H,7,12H2,1-2H3/t16?,19?,21?,22-/m1/s1. The van der Waals surface area contributed by atoms with E-state index in [1.807, 2.05) is 31.2 Å². The zero-order chi connectivity index (χ0) is 18.9. The third kappa shape index (κ3) is 3.64. The van der Waals surface area contributed by atoms with Crippen LogP contribution in [0.5, 0.6) is 5.75 Å². The maximum absolute atomic E-state index is 15.1. The Labute approximate surface area is 152 Å². The van der Waals surface area contributed by atoms with E-state index in [4.69, 9.17) is 0 Å². The van der Waals surface area contributed by atoms with Crippen molar-refractivity contribution in [1.29, 1.82) is 0 Å². The van der Waals surface area contributed by atoms with Gasteiger partial charge in [-0.25, -0.2) is 13.2 Å². The highest BCUT2D eigenvalue weighted by atomic mass is 19.2. The molecule has 1 nitrogen and oxygen atoms in total. The molecule has 1 N–H and O–H groups in total. The average Bonchev–Trinajstić information content (AvgIpc) is 2.62. The summed E-state index contributed by atoms with van der Waals surface area (Å²) in [7, 11) is 0. The zero-order valence-electron chi connectivity index (χ0n) is 14.9. The fourth-order valence-electron chi connectivity index (χ4n) is 3.58. The van der Waals surface area contributed by atoms with Crippen LogP contribution in [0.25, 0.3) is 0 Å². The molecule has 0 bridgehead atoms. The Morgan fingerprint density at radius 1 is 1.04 bits per heavy atom. The Hall–Kier alpha value is -2.23. The maximum Gasteiger partial charge on any atom is 0.164 e. The van der Waals surface area contributed by atoms with Gasteiger partial charge in [0.25, 0.3) is 0 Å². The van der Waals surface area contributed by atoms with Crippen molar-refractivity contribution in [3.05, 3.63) is 77.1 Å². The largest absolute Gasteiger partial charge is 0.508 e. The summed E-state index contributed by atoms with van der Waals surface area (Å²) in [5.41, 5.74) is -0.129. The lowest BCUT2D eigenvalue weighted by molar-refractivity contribution is 0.0227. The summed E-state index contributed by atoms with van der Waals surface area (Å²) in [6.45, 7) is 3.11. The van der Waals surface area contributed by atoms with Gasteiger partial charge in [0.2, 0.25) is 0 Å². The van der Waals surface area contributed by atoms with Crippen molar-refractivity contribution < 1.29 is 18.3 Å². The van der Waals surface area contributed by atoms with Gasteiger partial charge in [-0.3, -0.25) is 0 Å². The van der Waals surface area contributed by atoms with Crippen LogP contribution >= 0.6 is 0 Å². The number of phenolic OH excluding ortho intramolecular Hbond substituents is 1. The topological polar surface area (TPSA) is 20.2 Å². The molecular weight excluding hydrogens is 337 g/mol. The van der Waals surface area contributed by atoms with Crippen molar-refractivity contribution in [3.63, 3.8) is 0 Å². The number of hydrogen-bond donors (Lipinski definition) is 1. The Balaban J connectivity index is 1.80. The van der Waals surface area contributed by atoms with Gasteiger partial charge in [-0.05, 0) is 56.0 Å². The van der Waals surface area contributed by atoms with Gasteiger partial charge in [-0.2, -0.15) is 0 Å². The predicted molar refractivity (Wildman–Crippen MR) is 97.3 cm³/mol. The molecule has 4 atom stereocenters.